The van der Waals surface area contributed by atoms with Crippen LogP contribution in [0.1, 0.15) is 0 Å². The summed E-state index contributed by atoms with van der Waals surface area (Å²) in [6.07, 6.45) is 3.56. The molecular formula is C45H26N4O. The molecule has 11 rings (SSSR count). The molecule has 7 aromatic carbocycles. The summed E-state index contributed by atoms with van der Waals surface area (Å²) in [7, 11) is 0. The molecule has 0 saturated carbocycles. The second kappa shape index (κ2) is 10.3. The summed E-state index contributed by atoms with van der Waals surface area (Å²) >= 11 is 0. The van der Waals surface area contributed by atoms with E-state index in [9.17, 15) is 0 Å². The van der Waals surface area contributed by atoms with Crippen molar-refractivity contribution in [2.75, 3.05) is 4.90 Å². The van der Waals surface area contributed by atoms with Crippen molar-refractivity contribution in [3.05, 3.63) is 158 Å². The lowest BCUT2D eigenvalue weighted by molar-refractivity contribution is 0.667. The quantitative estimate of drug-likeness (QED) is 0.193. The van der Waals surface area contributed by atoms with Crippen LogP contribution in [0.25, 0.3) is 88.2 Å². The van der Waals surface area contributed by atoms with Crippen molar-refractivity contribution < 1.29 is 4.42 Å². The molecule has 232 valence electrons. The van der Waals surface area contributed by atoms with Gasteiger partial charge in [0.15, 0.2) is 11.4 Å². The average Bonchev–Trinajstić information content (AvgIpc) is 3.56. The first-order chi connectivity index (χ1) is 24.8. The van der Waals surface area contributed by atoms with E-state index < -0.39 is 0 Å². The fraction of sp³-hybridized carbons (Fsp3) is 0. The molecule has 1 aliphatic rings. The van der Waals surface area contributed by atoms with E-state index in [0.29, 0.717) is 11.4 Å². The fourth-order valence-corrected chi connectivity index (χ4v) is 7.71. The molecule has 0 saturated heterocycles. The van der Waals surface area contributed by atoms with Gasteiger partial charge in [-0.2, -0.15) is 0 Å². The van der Waals surface area contributed by atoms with Crippen LogP contribution in [0.5, 0.6) is 0 Å². The van der Waals surface area contributed by atoms with Crippen molar-refractivity contribution in [1.82, 2.24) is 15.0 Å². The van der Waals surface area contributed by atoms with Gasteiger partial charge in [-0.05, 0) is 93.2 Å². The number of pyridine rings is 1. The Hall–Kier alpha value is -6.85. The number of nitrogens with zero attached hydrogens (tertiary/aromatic N) is 4. The number of hydrogen-bond acceptors (Lipinski definition) is 5. The summed E-state index contributed by atoms with van der Waals surface area (Å²) in [4.78, 5) is 16.8. The largest absolute Gasteiger partial charge is 0.452 e. The maximum Gasteiger partial charge on any atom is 0.180 e. The fourth-order valence-electron chi connectivity index (χ4n) is 7.71. The molecule has 1 aliphatic heterocycles. The van der Waals surface area contributed by atoms with Crippen LogP contribution in [-0.4, -0.2) is 15.0 Å². The molecule has 0 bridgehead atoms. The number of rotatable bonds is 3. The maximum atomic E-state index is 6.31. The van der Waals surface area contributed by atoms with E-state index in [1.54, 1.807) is 12.4 Å². The number of hydrogen-bond donors (Lipinski definition) is 0. The van der Waals surface area contributed by atoms with Gasteiger partial charge in [0.2, 0.25) is 0 Å². The predicted molar refractivity (Wildman–Crippen MR) is 204 cm³/mol. The Morgan fingerprint density at radius 3 is 2.14 bits per heavy atom. The van der Waals surface area contributed by atoms with Gasteiger partial charge in [0, 0.05) is 45.5 Å². The summed E-state index contributed by atoms with van der Waals surface area (Å²) < 4.78 is 6.31. The molecule has 0 spiro atoms. The van der Waals surface area contributed by atoms with Crippen LogP contribution in [0.3, 0.4) is 0 Å². The van der Waals surface area contributed by atoms with Crippen molar-refractivity contribution in [3.63, 3.8) is 0 Å². The molecule has 10 aromatic rings. The van der Waals surface area contributed by atoms with Gasteiger partial charge in [-0.3, -0.25) is 4.98 Å². The number of fused-ring (bicyclic) bond motifs is 7. The van der Waals surface area contributed by atoms with Crippen LogP contribution in [0.15, 0.2) is 162 Å². The third-order valence-corrected chi connectivity index (χ3v) is 10.0. The van der Waals surface area contributed by atoms with Gasteiger partial charge in [0.1, 0.15) is 16.8 Å². The monoisotopic (exact) mass is 638 g/mol. The minimum Gasteiger partial charge on any atom is -0.452 e. The highest BCUT2D eigenvalue weighted by Crippen LogP contribution is 2.52. The zero-order valence-corrected chi connectivity index (χ0v) is 26.7. The van der Waals surface area contributed by atoms with Crippen LogP contribution < -0.4 is 4.90 Å². The third kappa shape index (κ3) is 3.98. The minimum atomic E-state index is 0.655. The summed E-state index contributed by atoms with van der Waals surface area (Å²) in [6, 6.07) is 51.7. The van der Waals surface area contributed by atoms with Gasteiger partial charge in [0.05, 0.1) is 11.4 Å². The molecule has 50 heavy (non-hydrogen) atoms. The molecule has 5 heteroatoms. The second-order valence-electron chi connectivity index (χ2n) is 12.9. The van der Waals surface area contributed by atoms with Crippen LogP contribution >= 0.6 is 0 Å². The first-order valence-corrected chi connectivity index (χ1v) is 16.8. The van der Waals surface area contributed by atoms with Gasteiger partial charge < -0.3 is 9.32 Å². The van der Waals surface area contributed by atoms with Crippen LogP contribution in [0, 0.1) is 0 Å². The summed E-state index contributed by atoms with van der Waals surface area (Å²) in [5.74, 6) is 0.655. The number of aromatic nitrogens is 3. The molecule has 4 heterocycles. The van der Waals surface area contributed by atoms with Crippen LogP contribution in [-0.2, 0) is 0 Å². The van der Waals surface area contributed by atoms with E-state index in [1.807, 2.05) is 30.3 Å². The Morgan fingerprint density at radius 2 is 1.24 bits per heavy atom. The van der Waals surface area contributed by atoms with Gasteiger partial charge in [-0.15, -0.1) is 0 Å². The average molecular weight is 639 g/mol. The maximum absolute atomic E-state index is 6.31. The molecular weight excluding hydrogens is 613 g/mol. The number of furan rings is 1. The van der Waals surface area contributed by atoms with E-state index in [2.05, 4.69) is 125 Å². The Balaban J connectivity index is 1.08. The third-order valence-electron chi connectivity index (χ3n) is 10.0. The Morgan fingerprint density at radius 1 is 0.500 bits per heavy atom. The predicted octanol–water partition coefficient (Wildman–Crippen LogP) is 12.0. The summed E-state index contributed by atoms with van der Waals surface area (Å²) in [6.45, 7) is 0. The first kappa shape index (κ1) is 27.1. The lowest BCUT2D eigenvalue weighted by Crippen LogP contribution is -2.15. The van der Waals surface area contributed by atoms with Crippen molar-refractivity contribution in [3.8, 4) is 33.8 Å². The smallest absolute Gasteiger partial charge is 0.180 e. The lowest BCUT2D eigenvalue weighted by atomic mass is 9.89. The molecule has 0 N–H and O–H groups in total. The first-order valence-electron chi connectivity index (χ1n) is 16.8. The highest BCUT2D eigenvalue weighted by Gasteiger charge is 2.26. The lowest BCUT2D eigenvalue weighted by Gasteiger charge is -2.34. The zero-order chi connectivity index (χ0) is 32.8. The van der Waals surface area contributed by atoms with Crippen LogP contribution in [0.4, 0.5) is 17.1 Å². The highest BCUT2D eigenvalue weighted by molar-refractivity contribution is 6.16. The number of benzene rings is 7. The number of anilines is 3. The van der Waals surface area contributed by atoms with Crippen molar-refractivity contribution in [2.45, 2.75) is 0 Å². The second-order valence-corrected chi connectivity index (χ2v) is 12.9. The Labute approximate surface area is 286 Å². The van der Waals surface area contributed by atoms with E-state index >= 15 is 0 Å². The van der Waals surface area contributed by atoms with E-state index in [-0.39, 0.29) is 0 Å². The topological polar surface area (TPSA) is 55.1 Å². The highest BCUT2D eigenvalue weighted by atomic mass is 16.3. The van der Waals surface area contributed by atoms with Gasteiger partial charge in [0.25, 0.3) is 0 Å². The van der Waals surface area contributed by atoms with Crippen molar-refractivity contribution in [1.29, 1.82) is 0 Å². The van der Waals surface area contributed by atoms with Gasteiger partial charge in [-0.1, -0.05) is 84.9 Å². The standard InChI is InChI=1S/C45H26N4O/c1-2-8-30-26-39-37(25-29(30)7-1)35-12-5-9-27-10-6-13-38(41(27)35)49(39)34-18-17-31-23-33(16-15-32(31)24-34)45-47-42(28-19-21-46-22-20-28)44-43(48-45)36-11-3-4-14-40(36)50-44/h1-26H. The van der Waals surface area contributed by atoms with Crippen LogP contribution in [0.2, 0.25) is 0 Å². The molecule has 3 aromatic heterocycles. The summed E-state index contributed by atoms with van der Waals surface area (Å²) in [5.41, 5.74) is 10.9. The van der Waals surface area contributed by atoms with Crippen molar-refractivity contribution >= 4 is 71.4 Å². The van der Waals surface area contributed by atoms with E-state index in [0.717, 1.165) is 49.8 Å². The van der Waals surface area contributed by atoms with Crippen molar-refractivity contribution in [2.24, 2.45) is 0 Å². The molecule has 0 unspecified atom stereocenters. The molecule has 0 atom stereocenters. The molecule has 0 aliphatic carbocycles. The van der Waals surface area contributed by atoms with E-state index in [4.69, 9.17) is 14.4 Å². The SMILES string of the molecule is c1ccc2cc3c(cc2c1)-c1cccc2cccc(c12)N3c1ccc2cc(-c3nc(-c4ccncc4)c4oc5ccccc5c4n3)ccc2c1. The molecule has 0 fully saturated rings. The Bertz CT molecular complexity index is 3000. The number of para-hydroxylation sites is 1. The van der Waals surface area contributed by atoms with E-state index in [1.165, 1.54) is 44.0 Å². The molecule has 0 amide bonds. The Kier molecular flexibility index (Phi) is 5.60. The summed E-state index contributed by atoms with van der Waals surface area (Å²) in [5, 5.41) is 8.21. The van der Waals surface area contributed by atoms with Gasteiger partial charge in [-0.25, -0.2) is 9.97 Å². The minimum absolute atomic E-state index is 0.655. The molecule has 5 nitrogen and oxygen atoms in total. The normalized spacial score (nSPS) is 12.4. The zero-order valence-electron chi connectivity index (χ0n) is 26.7. The molecule has 0 radical (unpaired) electrons. The van der Waals surface area contributed by atoms with Gasteiger partial charge >= 0.3 is 0 Å².